The summed E-state index contributed by atoms with van der Waals surface area (Å²) in [6.07, 6.45) is 4.84. The molecule has 0 radical (unpaired) electrons. The zero-order valence-electron chi connectivity index (χ0n) is 13.6. The number of piperidine rings is 1. The van der Waals surface area contributed by atoms with E-state index in [1.54, 1.807) is 0 Å². The lowest BCUT2D eigenvalue weighted by Gasteiger charge is -2.40. The van der Waals surface area contributed by atoms with Crippen LogP contribution < -0.4 is 5.32 Å². The molecule has 2 saturated heterocycles. The number of nitrogens with one attached hydrogen (secondary N) is 1. The van der Waals surface area contributed by atoms with Crippen molar-refractivity contribution >= 4 is 5.91 Å². The van der Waals surface area contributed by atoms with Gasteiger partial charge in [-0.25, -0.2) is 0 Å². The second-order valence-electron chi connectivity index (χ2n) is 7.23. The van der Waals surface area contributed by atoms with Crippen molar-refractivity contribution in [1.29, 1.82) is 0 Å². The van der Waals surface area contributed by atoms with Gasteiger partial charge in [-0.15, -0.1) is 0 Å². The molecular weight excluding hydrogens is 288 g/mol. The van der Waals surface area contributed by atoms with Crippen LogP contribution in [0.4, 0.5) is 0 Å². The summed E-state index contributed by atoms with van der Waals surface area (Å²) in [6, 6.07) is 11.1. The van der Waals surface area contributed by atoms with E-state index in [4.69, 9.17) is 4.74 Å². The molecule has 1 saturated carbocycles. The Morgan fingerprint density at radius 2 is 1.96 bits per heavy atom. The van der Waals surface area contributed by atoms with Crippen LogP contribution in [0.25, 0.3) is 0 Å². The van der Waals surface area contributed by atoms with Crippen LogP contribution >= 0.6 is 0 Å². The molecule has 0 unspecified atom stereocenters. The lowest BCUT2D eigenvalue weighted by molar-refractivity contribution is -0.125. The van der Waals surface area contributed by atoms with E-state index in [0.717, 1.165) is 45.4 Å². The number of hydrogen-bond acceptors (Lipinski definition) is 3. The molecule has 3 fully saturated rings. The minimum atomic E-state index is 0.193. The first kappa shape index (κ1) is 15.2. The quantitative estimate of drug-likeness (QED) is 0.926. The Labute approximate surface area is 138 Å². The fourth-order valence-electron chi connectivity index (χ4n) is 4.37. The molecule has 4 heteroatoms. The zero-order chi connectivity index (χ0) is 15.6. The number of nitrogens with zero attached hydrogens (tertiary/aromatic N) is 1. The smallest absolute Gasteiger partial charge is 0.234 e. The minimum Gasteiger partial charge on any atom is -0.378 e. The summed E-state index contributed by atoms with van der Waals surface area (Å²) in [7, 11) is 0. The number of rotatable bonds is 4. The summed E-state index contributed by atoms with van der Waals surface area (Å²) in [6.45, 7) is 3.46. The summed E-state index contributed by atoms with van der Waals surface area (Å²) in [4.78, 5) is 14.6. The maximum Gasteiger partial charge on any atom is 0.234 e. The molecule has 23 heavy (non-hydrogen) atoms. The van der Waals surface area contributed by atoms with Crippen molar-refractivity contribution in [3.8, 4) is 0 Å². The van der Waals surface area contributed by atoms with Gasteiger partial charge in [-0.3, -0.25) is 9.69 Å². The van der Waals surface area contributed by atoms with Gasteiger partial charge in [0, 0.05) is 18.6 Å². The number of carbonyl (C=O) groups excluding carboxylic acids is 1. The highest BCUT2D eigenvalue weighted by molar-refractivity contribution is 5.78. The van der Waals surface area contributed by atoms with Gasteiger partial charge in [0.25, 0.3) is 0 Å². The summed E-state index contributed by atoms with van der Waals surface area (Å²) >= 11 is 0. The minimum absolute atomic E-state index is 0.193. The Bertz CT molecular complexity index is 540. The molecule has 3 atom stereocenters. The van der Waals surface area contributed by atoms with E-state index in [1.807, 2.05) is 0 Å². The number of likely N-dealkylation sites (tertiary alicyclic amines) is 1. The SMILES string of the molecule is O=C(CN1CCC(c2ccccc2)CC1)N[C@H]1C[C@@H]2OCC[C@H]12. The summed E-state index contributed by atoms with van der Waals surface area (Å²) in [5.74, 6) is 1.42. The predicted octanol–water partition coefficient (Wildman–Crippen LogP) is 2.16. The first-order valence-corrected chi connectivity index (χ1v) is 8.98. The number of ether oxygens (including phenoxy) is 1. The van der Waals surface area contributed by atoms with Gasteiger partial charge >= 0.3 is 0 Å². The first-order valence-electron chi connectivity index (χ1n) is 8.98. The third-order valence-corrected chi connectivity index (χ3v) is 5.84. The van der Waals surface area contributed by atoms with Crippen LogP contribution in [0.5, 0.6) is 0 Å². The molecular formula is C19H26N2O2. The average molecular weight is 314 g/mol. The van der Waals surface area contributed by atoms with E-state index >= 15 is 0 Å². The van der Waals surface area contributed by atoms with Gasteiger partial charge < -0.3 is 10.1 Å². The third kappa shape index (κ3) is 3.29. The number of carbonyl (C=O) groups is 1. The summed E-state index contributed by atoms with van der Waals surface area (Å²) in [5, 5.41) is 3.22. The number of fused-ring (bicyclic) bond motifs is 1. The van der Waals surface area contributed by atoms with Crippen LogP contribution in [0.15, 0.2) is 30.3 Å². The first-order chi connectivity index (χ1) is 11.3. The molecule has 4 rings (SSSR count). The van der Waals surface area contributed by atoms with Gasteiger partial charge in [-0.2, -0.15) is 0 Å². The second-order valence-corrected chi connectivity index (χ2v) is 7.23. The fraction of sp³-hybridized carbons (Fsp3) is 0.632. The lowest BCUT2D eigenvalue weighted by atomic mass is 9.76. The van der Waals surface area contributed by atoms with Gasteiger partial charge in [0.2, 0.25) is 5.91 Å². The molecule has 1 aromatic carbocycles. The molecule has 3 aliphatic rings. The van der Waals surface area contributed by atoms with E-state index in [9.17, 15) is 4.79 Å². The molecule has 0 spiro atoms. The van der Waals surface area contributed by atoms with E-state index in [1.165, 1.54) is 5.56 Å². The van der Waals surface area contributed by atoms with Crippen LogP contribution in [-0.4, -0.2) is 49.2 Å². The molecule has 2 heterocycles. The highest BCUT2D eigenvalue weighted by atomic mass is 16.5. The van der Waals surface area contributed by atoms with Crippen molar-refractivity contribution in [3.05, 3.63) is 35.9 Å². The van der Waals surface area contributed by atoms with Gasteiger partial charge in [-0.05, 0) is 50.3 Å². The van der Waals surface area contributed by atoms with Crippen molar-refractivity contribution in [2.45, 2.75) is 43.7 Å². The van der Waals surface area contributed by atoms with Crippen molar-refractivity contribution in [3.63, 3.8) is 0 Å². The largest absolute Gasteiger partial charge is 0.378 e. The normalized spacial score (nSPS) is 31.4. The zero-order valence-corrected chi connectivity index (χ0v) is 13.6. The van der Waals surface area contributed by atoms with Crippen LogP contribution in [0.3, 0.4) is 0 Å². The van der Waals surface area contributed by atoms with Crippen molar-refractivity contribution in [2.24, 2.45) is 5.92 Å². The molecule has 1 aromatic rings. The number of benzene rings is 1. The third-order valence-electron chi connectivity index (χ3n) is 5.84. The fourth-order valence-corrected chi connectivity index (χ4v) is 4.37. The topological polar surface area (TPSA) is 41.6 Å². The highest BCUT2D eigenvalue weighted by Crippen LogP contribution is 2.38. The van der Waals surface area contributed by atoms with Gasteiger partial charge in [0.15, 0.2) is 0 Å². The molecule has 1 aliphatic carbocycles. The van der Waals surface area contributed by atoms with Crippen molar-refractivity contribution in [2.75, 3.05) is 26.2 Å². The Hall–Kier alpha value is -1.39. The molecule has 1 amide bonds. The van der Waals surface area contributed by atoms with Crippen LogP contribution in [0.1, 0.15) is 37.2 Å². The van der Waals surface area contributed by atoms with Crippen LogP contribution in [0, 0.1) is 5.92 Å². The molecule has 0 aromatic heterocycles. The Morgan fingerprint density at radius 3 is 2.70 bits per heavy atom. The Balaban J connectivity index is 1.21. The Morgan fingerprint density at radius 1 is 1.17 bits per heavy atom. The predicted molar refractivity (Wildman–Crippen MR) is 89.3 cm³/mol. The number of hydrogen-bond donors (Lipinski definition) is 1. The molecule has 124 valence electrons. The maximum atomic E-state index is 12.3. The molecule has 1 N–H and O–H groups in total. The number of amides is 1. The van der Waals surface area contributed by atoms with E-state index < -0.39 is 0 Å². The molecule has 0 bridgehead atoms. The Kier molecular flexibility index (Phi) is 4.36. The summed E-state index contributed by atoms with van der Waals surface area (Å²) in [5.41, 5.74) is 1.44. The summed E-state index contributed by atoms with van der Waals surface area (Å²) < 4.78 is 5.61. The van der Waals surface area contributed by atoms with Crippen molar-refractivity contribution < 1.29 is 9.53 Å². The highest BCUT2D eigenvalue weighted by Gasteiger charge is 2.45. The van der Waals surface area contributed by atoms with Gasteiger partial charge in [0.05, 0.1) is 12.6 Å². The second kappa shape index (κ2) is 6.62. The van der Waals surface area contributed by atoms with Crippen LogP contribution in [0.2, 0.25) is 0 Å². The average Bonchev–Trinajstić information content (AvgIpc) is 2.95. The standard InChI is InChI=1S/C19H26N2O2/c22-19(20-17-12-18-16(17)8-11-23-18)13-21-9-6-15(7-10-21)14-4-2-1-3-5-14/h1-5,15-18H,6-13H2,(H,20,22)/t16-,17+,18+/m1/s1. The monoisotopic (exact) mass is 314 g/mol. The van der Waals surface area contributed by atoms with Crippen molar-refractivity contribution in [1.82, 2.24) is 10.2 Å². The van der Waals surface area contributed by atoms with Crippen LogP contribution in [-0.2, 0) is 9.53 Å². The van der Waals surface area contributed by atoms with Gasteiger partial charge in [0.1, 0.15) is 0 Å². The molecule has 2 aliphatic heterocycles. The van der Waals surface area contributed by atoms with E-state index in [-0.39, 0.29) is 5.91 Å². The van der Waals surface area contributed by atoms with E-state index in [0.29, 0.717) is 30.5 Å². The maximum absolute atomic E-state index is 12.3. The van der Waals surface area contributed by atoms with E-state index in [2.05, 4.69) is 40.5 Å². The van der Waals surface area contributed by atoms with Gasteiger partial charge in [-0.1, -0.05) is 30.3 Å². The lowest BCUT2D eigenvalue weighted by Crippen LogP contribution is -2.55. The molecule has 4 nitrogen and oxygen atoms in total.